The Morgan fingerprint density at radius 3 is 2.08 bits per heavy atom. The zero-order valence-corrected chi connectivity index (χ0v) is 13.8. The molecule has 0 spiro atoms. The maximum Gasteiger partial charge on any atom is 0.338 e. The molecule has 4 rings (SSSR count). The Morgan fingerprint density at radius 1 is 0.917 bits per heavy atom. The van der Waals surface area contributed by atoms with Crippen LogP contribution in [0.5, 0.6) is 0 Å². The van der Waals surface area contributed by atoms with E-state index >= 15 is 0 Å². The topological polar surface area (TPSA) is 26.3 Å². The van der Waals surface area contributed by atoms with Crippen LogP contribution in [0.25, 0.3) is 25.1 Å². The normalized spacial score (nSPS) is 11.1. The van der Waals surface area contributed by atoms with Crippen molar-refractivity contribution >= 4 is 36.6 Å². The number of rotatable bonds is 2. The summed E-state index contributed by atoms with van der Waals surface area (Å²) in [6, 6.07) is 20.5. The Labute approximate surface area is 141 Å². The van der Waals surface area contributed by atoms with E-state index in [0.717, 1.165) is 20.2 Å². The van der Waals surface area contributed by atoms with Crippen molar-refractivity contribution in [1.82, 2.24) is 0 Å². The van der Waals surface area contributed by atoms with E-state index in [9.17, 15) is 9.18 Å². The van der Waals surface area contributed by atoms with Crippen molar-refractivity contribution in [3.8, 4) is 4.90 Å². The molecule has 2 nitrogen and oxygen atoms in total. The fourth-order valence-corrected chi connectivity index (χ4v) is 5.44. The van der Waals surface area contributed by atoms with Gasteiger partial charge in [-0.2, -0.15) is 0 Å². The second kappa shape index (κ2) is 5.73. The summed E-state index contributed by atoms with van der Waals surface area (Å²) in [7, 11) is 0.763. The lowest BCUT2D eigenvalue weighted by Crippen LogP contribution is -2.01. The van der Waals surface area contributed by atoms with E-state index in [1.54, 1.807) is 6.07 Å². The number of methoxy groups -OCH3 is 1. The third-order valence-electron chi connectivity index (χ3n) is 4.08. The molecule has 0 unspecified atom stereocenters. The van der Waals surface area contributed by atoms with Gasteiger partial charge in [0.15, 0.2) is 15.2 Å². The van der Waals surface area contributed by atoms with Crippen molar-refractivity contribution in [3.63, 3.8) is 0 Å². The molecule has 4 aromatic rings. The first-order chi connectivity index (χ1) is 11.7. The first kappa shape index (κ1) is 14.8. The van der Waals surface area contributed by atoms with Crippen molar-refractivity contribution in [3.05, 3.63) is 78.1 Å². The number of esters is 1. The molecule has 4 heteroatoms. The molecule has 0 aliphatic rings. The maximum atomic E-state index is 14.6. The van der Waals surface area contributed by atoms with Gasteiger partial charge in [-0.3, -0.25) is 0 Å². The highest BCUT2D eigenvalue weighted by Gasteiger charge is 2.27. The predicted molar refractivity (Wildman–Crippen MR) is 96.6 cm³/mol. The summed E-state index contributed by atoms with van der Waals surface area (Å²) in [5.41, 5.74) is 0.364. The second-order valence-corrected chi connectivity index (χ2v) is 7.37. The van der Waals surface area contributed by atoms with Crippen molar-refractivity contribution in [2.24, 2.45) is 0 Å². The first-order valence-corrected chi connectivity index (χ1v) is 8.74. The molecular weight excluding hydrogens is 323 g/mol. The Hall–Kier alpha value is -2.72. The summed E-state index contributed by atoms with van der Waals surface area (Å²) in [4.78, 5) is 12.4. The van der Waals surface area contributed by atoms with Gasteiger partial charge in [-0.25, -0.2) is 9.18 Å². The summed E-state index contributed by atoms with van der Waals surface area (Å²) < 4.78 is 21.6. The molecule has 3 aromatic carbocycles. The maximum absolute atomic E-state index is 14.6. The number of carbonyl (C=O) groups excluding carboxylic acids is 1. The molecular formula is C20H14FO2S+. The van der Waals surface area contributed by atoms with Crippen molar-refractivity contribution in [2.45, 2.75) is 0 Å². The molecule has 118 valence electrons. The predicted octanol–water partition coefficient (Wildman–Crippen LogP) is 5.66. The zero-order chi connectivity index (χ0) is 16.7. The molecule has 0 bridgehead atoms. The summed E-state index contributed by atoms with van der Waals surface area (Å²) >= 11 is 0. The minimum Gasteiger partial charge on any atom is -0.465 e. The number of halogens is 1. The van der Waals surface area contributed by atoms with Crippen molar-refractivity contribution in [1.29, 1.82) is 0 Å². The molecule has 0 amide bonds. The summed E-state index contributed by atoms with van der Waals surface area (Å²) in [5.74, 6) is -0.766. The van der Waals surface area contributed by atoms with Crippen LogP contribution in [0.4, 0.5) is 4.39 Å². The summed E-state index contributed by atoms with van der Waals surface area (Å²) in [5, 5.41) is 2.25. The average molecular weight is 337 g/mol. The molecule has 0 N–H and O–H groups in total. The van der Waals surface area contributed by atoms with Crippen LogP contribution in [0, 0.1) is 5.82 Å². The summed E-state index contributed by atoms with van der Waals surface area (Å²) in [6.45, 7) is 0. The van der Waals surface area contributed by atoms with Gasteiger partial charge < -0.3 is 4.74 Å². The van der Waals surface area contributed by atoms with Gasteiger partial charge in [-0.15, -0.1) is 0 Å². The lowest BCUT2D eigenvalue weighted by molar-refractivity contribution is 0.0601. The number of benzene rings is 3. The summed E-state index contributed by atoms with van der Waals surface area (Å²) in [6.07, 6.45) is 0. The number of ether oxygens (including phenoxy) is 1. The fraction of sp³-hybridized carbons (Fsp3) is 0.0500. The molecule has 0 atom stereocenters. The van der Waals surface area contributed by atoms with Crippen LogP contribution < -0.4 is 0 Å². The standard InChI is InChI=1S/C20H14FO2S/c1-23-20(22)13-10-11-16(21)19(12-13)24-17-8-4-2-6-14(17)15-7-3-5-9-18(15)24/h2-12H,1H3/q+1. The Bertz CT molecular complexity index is 1030. The van der Waals surface area contributed by atoms with Crippen LogP contribution >= 0.6 is 10.5 Å². The van der Waals surface area contributed by atoms with Gasteiger partial charge in [0.25, 0.3) is 0 Å². The van der Waals surface area contributed by atoms with E-state index in [0.29, 0.717) is 10.5 Å². The SMILES string of the molecule is COC(=O)c1ccc(F)c(-[s+]2c3ccccc3c3ccccc32)c1. The highest BCUT2D eigenvalue weighted by Crippen LogP contribution is 2.49. The van der Waals surface area contributed by atoms with E-state index in [-0.39, 0.29) is 5.82 Å². The highest BCUT2D eigenvalue weighted by atomic mass is 32.2. The fourth-order valence-electron chi connectivity index (χ4n) is 2.99. The largest absolute Gasteiger partial charge is 0.465 e. The smallest absolute Gasteiger partial charge is 0.338 e. The molecule has 1 heterocycles. The number of hydrogen-bond donors (Lipinski definition) is 0. The Balaban J connectivity index is 2.11. The van der Waals surface area contributed by atoms with E-state index in [2.05, 4.69) is 12.1 Å². The van der Waals surface area contributed by atoms with Crippen molar-refractivity contribution < 1.29 is 13.9 Å². The van der Waals surface area contributed by atoms with Gasteiger partial charge in [-0.1, -0.05) is 24.3 Å². The second-order valence-electron chi connectivity index (χ2n) is 5.44. The first-order valence-electron chi connectivity index (χ1n) is 7.51. The lowest BCUT2D eigenvalue weighted by Gasteiger charge is -2.01. The van der Waals surface area contributed by atoms with E-state index < -0.39 is 16.4 Å². The molecule has 0 fully saturated rings. The van der Waals surface area contributed by atoms with Crippen LogP contribution in [-0.4, -0.2) is 13.1 Å². The molecule has 0 aliphatic heterocycles. The third-order valence-corrected chi connectivity index (χ3v) is 6.42. The van der Waals surface area contributed by atoms with Crippen LogP contribution in [0.2, 0.25) is 0 Å². The molecule has 1 aromatic heterocycles. The Kier molecular flexibility index (Phi) is 3.54. The average Bonchev–Trinajstić information content (AvgIpc) is 2.96. The number of fused-ring (bicyclic) bond motifs is 3. The van der Waals surface area contributed by atoms with E-state index in [1.807, 2.05) is 36.4 Å². The third kappa shape index (κ3) is 2.19. The quantitative estimate of drug-likeness (QED) is 0.349. The van der Waals surface area contributed by atoms with Gasteiger partial charge in [0, 0.05) is 27.3 Å². The number of thiophene rings is 1. The minimum absolute atomic E-state index is 0.308. The van der Waals surface area contributed by atoms with Gasteiger partial charge in [0.05, 0.1) is 12.7 Å². The number of hydrogen-bond acceptors (Lipinski definition) is 2. The van der Waals surface area contributed by atoms with E-state index in [1.165, 1.54) is 19.2 Å². The molecule has 24 heavy (non-hydrogen) atoms. The molecule has 0 saturated carbocycles. The highest BCUT2D eigenvalue weighted by molar-refractivity contribution is 7.50. The minimum atomic E-state index is -0.564. The van der Waals surface area contributed by atoms with Gasteiger partial charge in [0.1, 0.15) is 0 Å². The molecule has 0 radical (unpaired) electrons. The number of carbonyl (C=O) groups is 1. The molecule has 0 aliphatic carbocycles. The van der Waals surface area contributed by atoms with Crippen LogP contribution in [0.3, 0.4) is 0 Å². The van der Waals surface area contributed by atoms with Gasteiger partial charge in [0.2, 0.25) is 4.90 Å². The zero-order valence-electron chi connectivity index (χ0n) is 13.0. The van der Waals surface area contributed by atoms with Crippen molar-refractivity contribution in [2.75, 3.05) is 7.11 Å². The lowest BCUT2D eigenvalue weighted by atomic mass is 10.2. The van der Waals surface area contributed by atoms with Gasteiger partial charge >= 0.3 is 5.97 Å². The van der Waals surface area contributed by atoms with Crippen LogP contribution in [0.1, 0.15) is 10.4 Å². The Morgan fingerprint density at radius 2 is 1.50 bits per heavy atom. The molecule has 0 saturated heterocycles. The van der Waals surface area contributed by atoms with Gasteiger partial charge in [-0.05, 0) is 36.4 Å². The van der Waals surface area contributed by atoms with E-state index in [4.69, 9.17) is 4.74 Å². The van der Waals surface area contributed by atoms with Crippen LogP contribution in [0.15, 0.2) is 66.7 Å². The monoisotopic (exact) mass is 337 g/mol. The van der Waals surface area contributed by atoms with Crippen LogP contribution in [-0.2, 0) is 4.74 Å².